The first-order valence-corrected chi connectivity index (χ1v) is 9.34. The maximum Gasteiger partial charge on any atom is 0.225 e. The van der Waals surface area contributed by atoms with Crippen molar-refractivity contribution >= 4 is 30.7 Å². The van der Waals surface area contributed by atoms with E-state index in [2.05, 4.69) is 27.8 Å². The molecule has 4 rings (SSSR count). The van der Waals surface area contributed by atoms with Gasteiger partial charge in [0.25, 0.3) is 0 Å². The Bertz CT molecular complexity index is 752. The number of aromatic nitrogens is 1. The van der Waals surface area contributed by atoms with Crippen molar-refractivity contribution in [3.8, 4) is 5.75 Å². The second kappa shape index (κ2) is 10.1. The third-order valence-corrected chi connectivity index (χ3v) is 5.41. The molecule has 0 bridgehead atoms. The number of benzene rings is 1. The summed E-state index contributed by atoms with van der Waals surface area (Å²) >= 11 is 0. The highest BCUT2D eigenvalue weighted by molar-refractivity contribution is 5.85. The molecule has 1 saturated carbocycles. The minimum absolute atomic E-state index is 0. The average molecular weight is 424 g/mol. The van der Waals surface area contributed by atoms with Gasteiger partial charge >= 0.3 is 0 Å². The monoisotopic (exact) mass is 423 g/mol. The van der Waals surface area contributed by atoms with Crippen molar-refractivity contribution < 1.29 is 9.53 Å². The molecule has 7 heteroatoms. The van der Waals surface area contributed by atoms with Gasteiger partial charge in [-0.3, -0.25) is 9.78 Å². The minimum atomic E-state index is -0.00123. The van der Waals surface area contributed by atoms with Crippen molar-refractivity contribution in [1.82, 2.24) is 15.6 Å². The van der Waals surface area contributed by atoms with Crippen molar-refractivity contribution in [2.45, 2.75) is 37.8 Å². The molecule has 152 valence electrons. The third kappa shape index (κ3) is 5.16. The van der Waals surface area contributed by atoms with Crippen LogP contribution in [-0.2, 0) is 4.79 Å². The van der Waals surface area contributed by atoms with Gasteiger partial charge in [0.2, 0.25) is 5.91 Å². The molecule has 0 unspecified atom stereocenters. The SMILES string of the molecule is Cc1ccc(O[C@H]2C[C@H](NC(=O)[C@H]3CNC[C@@H]3c3ccccc3)C2)cn1.Cl.Cl. The third-order valence-electron chi connectivity index (χ3n) is 5.41. The average Bonchev–Trinajstić information content (AvgIpc) is 3.12. The summed E-state index contributed by atoms with van der Waals surface area (Å²) in [6, 6.07) is 14.4. The summed E-state index contributed by atoms with van der Waals surface area (Å²) < 4.78 is 5.91. The van der Waals surface area contributed by atoms with Crippen LogP contribution in [0.3, 0.4) is 0 Å². The highest BCUT2D eigenvalue weighted by atomic mass is 35.5. The molecule has 2 aromatic rings. The van der Waals surface area contributed by atoms with Gasteiger partial charge in [-0.1, -0.05) is 30.3 Å². The summed E-state index contributed by atoms with van der Waals surface area (Å²) in [5.74, 6) is 1.21. The molecule has 2 N–H and O–H groups in total. The van der Waals surface area contributed by atoms with E-state index in [1.54, 1.807) is 6.20 Å². The first-order chi connectivity index (χ1) is 12.7. The van der Waals surface area contributed by atoms with Gasteiger partial charge in [-0.05, 0) is 24.6 Å². The molecule has 1 aliphatic carbocycles. The zero-order valence-electron chi connectivity index (χ0n) is 15.8. The van der Waals surface area contributed by atoms with E-state index in [0.29, 0.717) is 0 Å². The smallest absolute Gasteiger partial charge is 0.225 e. The van der Waals surface area contributed by atoms with Crippen molar-refractivity contribution in [2.75, 3.05) is 13.1 Å². The van der Waals surface area contributed by atoms with E-state index in [1.165, 1.54) is 5.56 Å². The van der Waals surface area contributed by atoms with Gasteiger partial charge in [0.1, 0.15) is 11.9 Å². The molecule has 1 aromatic heterocycles. The van der Waals surface area contributed by atoms with Crippen LogP contribution in [-0.4, -0.2) is 36.1 Å². The molecule has 2 aliphatic rings. The Morgan fingerprint density at radius 1 is 1.11 bits per heavy atom. The van der Waals surface area contributed by atoms with Crippen molar-refractivity contribution in [3.05, 3.63) is 59.9 Å². The van der Waals surface area contributed by atoms with Crippen LogP contribution in [0, 0.1) is 12.8 Å². The van der Waals surface area contributed by atoms with Crippen molar-refractivity contribution in [1.29, 1.82) is 0 Å². The van der Waals surface area contributed by atoms with E-state index in [1.807, 2.05) is 37.3 Å². The highest BCUT2D eigenvalue weighted by Crippen LogP contribution is 2.30. The fraction of sp³-hybridized carbons (Fsp3) is 0.429. The normalized spacial score (nSPS) is 25.6. The maximum absolute atomic E-state index is 12.7. The number of aryl methyl sites for hydroxylation is 1. The minimum Gasteiger partial charge on any atom is -0.489 e. The number of nitrogens with one attached hydrogen (secondary N) is 2. The van der Waals surface area contributed by atoms with Gasteiger partial charge in [-0.25, -0.2) is 0 Å². The zero-order chi connectivity index (χ0) is 17.9. The number of nitrogens with zero attached hydrogens (tertiary/aromatic N) is 1. The fourth-order valence-corrected chi connectivity index (χ4v) is 3.81. The Hall–Kier alpha value is -1.82. The molecular weight excluding hydrogens is 397 g/mol. The lowest BCUT2D eigenvalue weighted by atomic mass is 9.85. The molecular formula is C21H27Cl2N3O2. The van der Waals surface area contributed by atoms with Crippen LogP contribution in [0.4, 0.5) is 0 Å². The second-order valence-corrected chi connectivity index (χ2v) is 7.33. The van der Waals surface area contributed by atoms with Crippen molar-refractivity contribution in [2.24, 2.45) is 5.92 Å². The van der Waals surface area contributed by atoms with E-state index in [-0.39, 0.29) is 54.7 Å². The van der Waals surface area contributed by atoms with E-state index >= 15 is 0 Å². The second-order valence-electron chi connectivity index (χ2n) is 7.33. The summed E-state index contributed by atoms with van der Waals surface area (Å²) in [6.07, 6.45) is 3.64. The lowest BCUT2D eigenvalue weighted by molar-refractivity contribution is -0.126. The van der Waals surface area contributed by atoms with Gasteiger partial charge in [-0.2, -0.15) is 0 Å². The molecule has 2 atom stereocenters. The van der Waals surface area contributed by atoms with E-state index < -0.39 is 0 Å². The van der Waals surface area contributed by atoms with E-state index in [9.17, 15) is 4.79 Å². The lowest BCUT2D eigenvalue weighted by Crippen LogP contribution is -2.51. The number of pyridine rings is 1. The van der Waals surface area contributed by atoms with Crippen LogP contribution < -0.4 is 15.4 Å². The number of amides is 1. The summed E-state index contributed by atoms with van der Waals surface area (Å²) in [4.78, 5) is 17.0. The van der Waals surface area contributed by atoms with Crippen LogP contribution in [0.25, 0.3) is 0 Å². The van der Waals surface area contributed by atoms with Gasteiger partial charge in [0.05, 0.1) is 12.1 Å². The zero-order valence-corrected chi connectivity index (χ0v) is 17.5. The molecule has 28 heavy (non-hydrogen) atoms. The number of carbonyl (C=O) groups excluding carboxylic acids is 1. The first kappa shape index (κ1) is 22.5. The fourth-order valence-electron chi connectivity index (χ4n) is 3.81. The van der Waals surface area contributed by atoms with Gasteiger partial charge in [0, 0.05) is 43.6 Å². The summed E-state index contributed by atoms with van der Waals surface area (Å²) in [5.41, 5.74) is 2.22. The quantitative estimate of drug-likeness (QED) is 0.774. The Kier molecular flexibility index (Phi) is 8.10. The molecule has 1 amide bonds. The molecule has 1 aromatic carbocycles. The Labute approximate surface area is 178 Å². The van der Waals surface area contributed by atoms with Crippen molar-refractivity contribution in [3.63, 3.8) is 0 Å². The number of carbonyl (C=O) groups is 1. The van der Waals surface area contributed by atoms with Crippen LogP contribution >= 0.6 is 24.8 Å². The molecule has 2 heterocycles. The summed E-state index contributed by atoms with van der Waals surface area (Å²) in [7, 11) is 0. The predicted octanol–water partition coefficient (Wildman–Crippen LogP) is 3.26. The Morgan fingerprint density at radius 2 is 1.86 bits per heavy atom. The summed E-state index contributed by atoms with van der Waals surface area (Å²) in [6.45, 7) is 3.56. The van der Waals surface area contributed by atoms with Crippen LogP contribution in [0.2, 0.25) is 0 Å². The molecule has 1 saturated heterocycles. The Morgan fingerprint density at radius 3 is 2.54 bits per heavy atom. The summed E-state index contributed by atoms with van der Waals surface area (Å²) in [5, 5.41) is 6.57. The van der Waals surface area contributed by atoms with Crippen LogP contribution in [0.15, 0.2) is 48.7 Å². The van der Waals surface area contributed by atoms with E-state index in [0.717, 1.165) is 37.4 Å². The van der Waals surface area contributed by atoms with E-state index in [4.69, 9.17) is 4.74 Å². The molecule has 2 fully saturated rings. The predicted molar refractivity (Wildman–Crippen MR) is 115 cm³/mol. The largest absolute Gasteiger partial charge is 0.489 e. The Balaban J connectivity index is 0.00000140. The first-order valence-electron chi connectivity index (χ1n) is 9.34. The molecule has 0 radical (unpaired) electrons. The number of ether oxygens (including phenoxy) is 1. The molecule has 5 nitrogen and oxygen atoms in total. The van der Waals surface area contributed by atoms with Crippen LogP contribution in [0.1, 0.15) is 30.0 Å². The molecule has 0 spiro atoms. The van der Waals surface area contributed by atoms with Gasteiger partial charge in [-0.15, -0.1) is 24.8 Å². The number of hydrogen-bond acceptors (Lipinski definition) is 4. The lowest BCUT2D eigenvalue weighted by Gasteiger charge is -2.36. The number of halogens is 2. The maximum atomic E-state index is 12.7. The standard InChI is InChI=1S/C21H25N3O2.2ClH/c1-14-7-8-17(11-23-14)26-18-9-16(10-18)24-21(25)20-13-22-12-19(20)15-5-3-2-4-6-15;;/h2-8,11,16,18-20,22H,9-10,12-13H2,1H3,(H,24,25);2*1H/t16-,18-,19-,20+;;/m1../s1. The van der Waals surface area contributed by atoms with Crippen LogP contribution in [0.5, 0.6) is 5.75 Å². The van der Waals surface area contributed by atoms with Gasteiger partial charge in [0.15, 0.2) is 0 Å². The van der Waals surface area contributed by atoms with Gasteiger partial charge < -0.3 is 15.4 Å². The topological polar surface area (TPSA) is 63.2 Å². The molecule has 1 aliphatic heterocycles. The highest BCUT2D eigenvalue weighted by Gasteiger charge is 2.38. The number of rotatable bonds is 5. The number of hydrogen-bond donors (Lipinski definition) is 2.